The van der Waals surface area contributed by atoms with Crippen molar-refractivity contribution >= 4 is 5.91 Å². The molecule has 3 heteroatoms. The van der Waals surface area contributed by atoms with Crippen molar-refractivity contribution in [2.45, 2.75) is 52.6 Å². The average Bonchev–Trinajstić information content (AvgIpc) is 2.61. The summed E-state index contributed by atoms with van der Waals surface area (Å²) >= 11 is 0. The van der Waals surface area contributed by atoms with Gasteiger partial charge in [-0.2, -0.15) is 0 Å². The second kappa shape index (κ2) is 7.08. The number of β-amino-alcohol motifs (C(OH)–C–C–N with tert-alkyl or cyclic N) is 1. The number of benzene rings is 1. The van der Waals surface area contributed by atoms with Crippen LogP contribution in [0.15, 0.2) is 18.2 Å². The first-order chi connectivity index (χ1) is 10.0. The Labute approximate surface area is 128 Å². The van der Waals surface area contributed by atoms with Gasteiger partial charge in [-0.25, -0.2) is 0 Å². The summed E-state index contributed by atoms with van der Waals surface area (Å²) in [5.74, 6) is 0.840. The van der Waals surface area contributed by atoms with Gasteiger partial charge in [-0.1, -0.05) is 37.1 Å². The Kier molecular flexibility index (Phi) is 5.40. The quantitative estimate of drug-likeness (QED) is 0.923. The number of carbonyl (C=O) groups excluding carboxylic acids is 1. The van der Waals surface area contributed by atoms with Crippen LogP contribution in [-0.4, -0.2) is 29.0 Å². The maximum Gasteiger partial charge on any atom is 0.222 e. The Balaban J connectivity index is 2.04. The molecule has 1 aliphatic heterocycles. The number of amides is 1. The summed E-state index contributed by atoms with van der Waals surface area (Å²) < 4.78 is 0. The summed E-state index contributed by atoms with van der Waals surface area (Å²) in [7, 11) is 0. The maximum absolute atomic E-state index is 12.2. The van der Waals surface area contributed by atoms with Gasteiger partial charge in [0.1, 0.15) is 0 Å². The van der Waals surface area contributed by atoms with Crippen LogP contribution in [-0.2, 0) is 4.79 Å². The molecular formula is C18H27NO2. The van der Waals surface area contributed by atoms with Crippen molar-refractivity contribution in [3.05, 3.63) is 34.9 Å². The number of hydrogen-bond donors (Lipinski definition) is 1. The van der Waals surface area contributed by atoms with Gasteiger partial charge in [0.15, 0.2) is 0 Å². The van der Waals surface area contributed by atoms with Crippen LogP contribution >= 0.6 is 0 Å². The number of nitrogens with zero attached hydrogens (tertiary/aromatic N) is 1. The van der Waals surface area contributed by atoms with Crippen molar-refractivity contribution in [1.29, 1.82) is 0 Å². The molecule has 1 fully saturated rings. The number of aryl methyl sites for hydroxylation is 2. The minimum absolute atomic E-state index is 0.190. The Morgan fingerprint density at radius 3 is 2.76 bits per heavy atom. The molecule has 0 radical (unpaired) electrons. The molecule has 3 nitrogen and oxygen atoms in total. The van der Waals surface area contributed by atoms with Gasteiger partial charge in [-0.05, 0) is 43.7 Å². The van der Waals surface area contributed by atoms with Crippen LogP contribution < -0.4 is 0 Å². The predicted octanol–water partition coefficient (Wildman–Crippen LogP) is 3.38. The minimum Gasteiger partial charge on any atom is -0.387 e. The lowest BCUT2D eigenvalue weighted by Crippen LogP contribution is -2.34. The molecule has 1 heterocycles. The highest BCUT2D eigenvalue weighted by Crippen LogP contribution is 2.24. The summed E-state index contributed by atoms with van der Waals surface area (Å²) in [6.07, 6.45) is 3.22. The molecule has 1 aliphatic rings. The summed E-state index contributed by atoms with van der Waals surface area (Å²) in [5, 5.41) is 10.5. The summed E-state index contributed by atoms with van der Waals surface area (Å²) in [6.45, 7) is 7.45. The Morgan fingerprint density at radius 1 is 1.33 bits per heavy atom. The smallest absolute Gasteiger partial charge is 0.222 e. The molecular weight excluding hydrogens is 262 g/mol. The fourth-order valence-electron chi connectivity index (χ4n) is 3.20. The monoisotopic (exact) mass is 289 g/mol. The molecule has 0 bridgehead atoms. The maximum atomic E-state index is 12.2. The van der Waals surface area contributed by atoms with E-state index >= 15 is 0 Å². The molecule has 116 valence electrons. The molecule has 1 aromatic carbocycles. The fraction of sp³-hybridized carbons (Fsp3) is 0.611. The van der Waals surface area contributed by atoms with E-state index in [1.807, 2.05) is 30.9 Å². The molecule has 0 aromatic heterocycles. The van der Waals surface area contributed by atoms with Gasteiger partial charge in [-0.15, -0.1) is 0 Å². The van der Waals surface area contributed by atoms with E-state index in [2.05, 4.69) is 13.0 Å². The zero-order valence-electron chi connectivity index (χ0n) is 13.4. The lowest BCUT2D eigenvalue weighted by atomic mass is 9.98. The zero-order valence-corrected chi connectivity index (χ0v) is 13.4. The lowest BCUT2D eigenvalue weighted by molar-refractivity contribution is -0.132. The predicted molar refractivity (Wildman–Crippen MR) is 85.1 cm³/mol. The van der Waals surface area contributed by atoms with Crippen LogP contribution in [0.5, 0.6) is 0 Å². The summed E-state index contributed by atoms with van der Waals surface area (Å²) in [6, 6.07) is 6.07. The van der Waals surface area contributed by atoms with Crippen LogP contribution in [0.1, 0.15) is 55.4 Å². The van der Waals surface area contributed by atoms with E-state index in [-0.39, 0.29) is 5.91 Å². The van der Waals surface area contributed by atoms with Crippen LogP contribution in [0.2, 0.25) is 0 Å². The molecule has 1 amide bonds. The van der Waals surface area contributed by atoms with Crippen LogP contribution in [0.4, 0.5) is 0 Å². The van der Waals surface area contributed by atoms with E-state index in [0.717, 1.165) is 36.9 Å². The number of aliphatic hydroxyl groups is 1. The third kappa shape index (κ3) is 4.07. The van der Waals surface area contributed by atoms with Gasteiger partial charge in [0, 0.05) is 13.0 Å². The largest absolute Gasteiger partial charge is 0.387 e. The van der Waals surface area contributed by atoms with Gasteiger partial charge in [0.25, 0.3) is 0 Å². The number of carbonyl (C=O) groups is 1. The minimum atomic E-state index is -0.590. The van der Waals surface area contributed by atoms with E-state index in [1.165, 1.54) is 5.56 Å². The van der Waals surface area contributed by atoms with Gasteiger partial charge in [-0.3, -0.25) is 4.79 Å². The fourth-order valence-corrected chi connectivity index (χ4v) is 3.20. The number of rotatable bonds is 4. The molecule has 1 N–H and O–H groups in total. The first-order valence-corrected chi connectivity index (χ1v) is 8.04. The molecule has 2 unspecified atom stereocenters. The van der Waals surface area contributed by atoms with Gasteiger partial charge in [0.2, 0.25) is 5.91 Å². The molecule has 1 aromatic rings. The number of likely N-dealkylation sites (tertiary alicyclic amines) is 1. The third-order valence-electron chi connectivity index (χ3n) is 4.68. The second-order valence-corrected chi connectivity index (χ2v) is 6.32. The van der Waals surface area contributed by atoms with Crippen LogP contribution in [0.25, 0.3) is 0 Å². The molecule has 21 heavy (non-hydrogen) atoms. The molecule has 0 saturated carbocycles. The molecule has 2 atom stereocenters. The lowest BCUT2D eigenvalue weighted by Gasteiger charge is -2.25. The first kappa shape index (κ1) is 16.0. The van der Waals surface area contributed by atoms with Crippen molar-refractivity contribution in [3.8, 4) is 0 Å². The first-order valence-electron chi connectivity index (χ1n) is 8.04. The Bertz CT molecular complexity index is 498. The van der Waals surface area contributed by atoms with E-state index in [9.17, 15) is 9.90 Å². The zero-order chi connectivity index (χ0) is 15.4. The number of aliphatic hydroxyl groups excluding tert-OH is 1. The van der Waals surface area contributed by atoms with Crippen molar-refractivity contribution in [3.63, 3.8) is 0 Å². The van der Waals surface area contributed by atoms with E-state index in [0.29, 0.717) is 18.9 Å². The third-order valence-corrected chi connectivity index (χ3v) is 4.68. The number of hydrogen-bond acceptors (Lipinski definition) is 2. The Hall–Kier alpha value is -1.35. The van der Waals surface area contributed by atoms with Gasteiger partial charge < -0.3 is 10.0 Å². The summed E-state index contributed by atoms with van der Waals surface area (Å²) in [5.41, 5.74) is 3.22. The second-order valence-electron chi connectivity index (χ2n) is 6.32. The standard InChI is InChI=1S/C18H27NO2/c1-4-15-6-8-18(21)19(10-9-15)12-17(20)16-7-5-13(2)11-14(16)3/h5,7,11,15,17,20H,4,6,8-10,12H2,1-3H3. The highest BCUT2D eigenvalue weighted by molar-refractivity contribution is 5.76. The van der Waals surface area contributed by atoms with E-state index in [4.69, 9.17) is 0 Å². The van der Waals surface area contributed by atoms with Gasteiger partial charge in [0.05, 0.1) is 12.6 Å². The molecule has 0 spiro atoms. The molecule has 2 rings (SSSR count). The molecule has 0 aliphatic carbocycles. The molecule has 1 saturated heterocycles. The normalized spacial score (nSPS) is 21.2. The summed E-state index contributed by atoms with van der Waals surface area (Å²) in [4.78, 5) is 14.0. The van der Waals surface area contributed by atoms with Crippen molar-refractivity contribution in [1.82, 2.24) is 4.90 Å². The highest BCUT2D eigenvalue weighted by Gasteiger charge is 2.24. The van der Waals surface area contributed by atoms with Crippen LogP contribution in [0.3, 0.4) is 0 Å². The topological polar surface area (TPSA) is 40.5 Å². The van der Waals surface area contributed by atoms with Crippen molar-refractivity contribution in [2.24, 2.45) is 5.92 Å². The van der Waals surface area contributed by atoms with E-state index < -0.39 is 6.10 Å². The SMILES string of the molecule is CCC1CCC(=O)N(CC(O)c2ccc(C)cc2C)CC1. The average molecular weight is 289 g/mol. The Morgan fingerprint density at radius 2 is 2.10 bits per heavy atom. The van der Waals surface area contributed by atoms with E-state index in [1.54, 1.807) is 0 Å². The van der Waals surface area contributed by atoms with Gasteiger partial charge >= 0.3 is 0 Å². The van der Waals surface area contributed by atoms with Crippen molar-refractivity contribution < 1.29 is 9.90 Å². The highest BCUT2D eigenvalue weighted by atomic mass is 16.3. The van der Waals surface area contributed by atoms with Crippen LogP contribution in [0, 0.1) is 19.8 Å². The van der Waals surface area contributed by atoms with Crippen molar-refractivity contribution in [2.75, 3.05) is 13.1 Å².